The van der Waals surface area contributed by atoms with Crippen molar-refractivity contribution in [3.63, 3.8) is 0 Å². The third kappa shape index (κ3) is 2.76. The molecule has 0 radical (unpaired) electrons. The van der Waals surface area contributed by atoms with E-state index in [-0.39, 0.29) is 6.04 Å². The summed E-state index contributed by atoms with van der Waals surface area (Å²) in [5.74, 6) is 1.20. The van der Waals surface area contributed by atoms with Crippen LogP contribution < -0.4 is 5.32 Å². The number of carbonyl (C=O) groups excluding carboxylic acids is 1. The van der Waals surface area contributed by atoms with E-state index in [4.69, 9.17) is 0 Å². The van der Waals surface area contributed by atoms with Crippen molar-refractivity contribution in [2.75, 3.05) is 19.6 Å². The van der Waals surface area contributed by atoms with Crippen molar-refractivity contribution >= 4 is 5.91 Å². The molecule has 2 aliphatic heterocycles. The molecule has 3 heteroatoms. The Morgan fingerprint density at radius 2 is 2.12 bits per heavy atom. The third-order valence-electron chi connectivity index (χ3n) is 4.10. The molecule has 0 aromatic heterocycles. The Bertz CT molecular complexity index is 236. The predicted molar refractivity (Wildman–Crippen MR) is 65.2 cm³/mol. The molecular weight excluding hydrogens is 200 g/mol. The van der Waals surface area contributed by atoms with Gasteiger partial charge in [-0.25, -0.2) is 0 Å². The van der Waals surface area contributed by atoms with Crippen LogP contribution in [0.15, 0.2) is 0 Å². The predicted octanol–water partition coefficient (Wildman–Crippen LogP) is 1.78. The molecule has 0 aliphatic carbocycles. The lowest BCUT2D eigenvalue weighted by molar-refractivity contribution is -0.133. The van der Waals surface area contributed by atoms with Gasteiger partial charge in [0.1, 0.15) is 0 Å². The second-order valence-electron chi connectivity index (χ2n) is 5.18. The van der Waals surface area contributed by atoms with Crippen molar-refractivity contribution in [1.29, 1.82) is 0 Å². The smallest absolute Gasteiger partial charge is 0.239 e. The molecule has 0 saturated carbocycles. The van der Waals surface area contributed by atoms with Gasteiger partial charge in [-0.3, -0.25) is 4.79 Å². The molecule has 3 nitrogen and oxygen atoms in total. The topological polar surface area (TPSA) is 32.3 Å². The van der Waals surface area contributed by atoms with Gasteiger partial charge in [-0.1, -0.05) is 13.3 Å². The number of hydrogen-bond donors (Lipinski definition) is 1. The van der Waals surface area contributed by atoms with Crippen molar-refractivity contribution in [2.24, 2.45) is 5.92 Å². The molecule has 2 atom stereocenters. The van der Waals surface area contributed by atoms with Gasteiger partial charge in [-0.2, -0.15) is 0 Å². The molecule has 16 heavy (non-hydrogen) atoms. The highest BCUT2D eigenvalue weighted by Crippen LogP contribution is 2.21. The molecule has 1 unspecified atom stereocenters. The van der Waals surface area contributed by atoms with Crippen molar-refractivity contribution in [2.45, 2.75) is 51.5 Å². The van der Waals surface area contributed by atoms with E-state index in [2.05, 4.69) is 17.1 Å². The molecule has 2 saturated heterocycles. The number of nitrogens with one attached hydrogen (secondary N) is 1. The maximum Gasteiger partial charge on any atom is 0.239 e. The monoisotopic (exact) mass is 224 g/mol. The van der Waals surface area contributed by atoms with Crippen LogP contribution in [0, 0.1) is 5.92 Å². The van der Waals surface area contributed by atoms with Crippen LogP contribution in [-0.4, -0.2) is 36.5 Å². The van der Waals surface area contributed by atoms with Gasteiger partial charge >= 0.3 is 0 Å². The molecule has 0 bridgehead atoms. The summed E-state index contributed by atoms with van der Waals surface area (Å²) in [6.45, 7) is 5.24. The zero-order chi connectivity index (χ0) is 11.4. The molecule has 2 rings (SSSR count). The van der Waals surface area contributed by atoms with Gasteiger partial charge in [0.2, 0.25) is 5.91 Å². The van der Waals surface area contributed by atoms with Crippen LogP contribution in [0.2, 0.25) is 0 Å². The average molecular weight is 224 g/mol. The maximum atomic E-state index is 12.2. The van der Waals surface area contributed by atoms with Gasteiger partial charge in [0, 0.05) is 13.1 Å². The first kappa shape index (κ1) is 11.9. The lowest BCUT2D eigenvalue weighted by Crippen LogP contribution is -2.44. The van der Waals surface area contributed by atoms with Crippen LogP contribution in [0.5, 0.6) is 0 Å². The molecule has 2 heterocycles. The lowest BCUT2D eigenvalue weighted by atomic mass is 9.98. The first-order valence-electron chi connectivity index (χ1n) is 6.83. The number of nitrogens with zero attached hydrogens (tertiary/aromatic N) is 1. The number of amides is 1. The first-order chi connectivity index (χ1) is 7.81. The van der Waals surface area contributed by atoms with Crippen LogP contribution in [0.1, 0.15) is 45.4 Å². The zero-order valence-electron chi connectivity index (χ0n) is 10.4. The summed E-state index contributed by atoms with van der Waals surface area (Å²) in [7, 11) is 0. The largest absolute Gasteiger partial charge is 0.341 e. The fourth-order valence-corrected chi connectivity index (χ4v) is 2.91. The summed E-state index contributed by atoms with van der Waals surface area (Å²) in [4.78, 5) is 14.3. The van der Waals surface area contributed by atoms with Crippen LogP contribution in [0.3, 0.4) is 0 Å². The summed E-state index contributed by atoms with van der Waals surface area (Å²) in [6.07, 6.45) is 7.16. The minimum atomic E-state index is 0.123. The van der Waals surface area contributed by atoms with E-state index in [9.17, 15) is 4.79 Å². The van der Waals surface area contributed by atoms with E-state index >= 15 is 0 Å². The Hall–Kier alpha value is -0.570. The van der Waals surface area contributed by atoms with Gasteiger partial charge in [-0.05, 0) is 44.6 Å². The summed E-state index contributed by atoms with van der Waals surface area (Å²) in [5.41, 5.74) is 0. The normalized spacial score (nSPS) is 31.4. The van der Waals surface area contributed by atoms with Crippen molar-refractivity contribution in [3.05, 3.63) is 0 Å². The lowest BCUT2D eigenvalue weighted by Gasteiger charge is -2.24. The second kappa shape index (κ2) is 5.67. The molecule has 1 N–H and O–H groups in total. The van der Waals surface area contributed by atoms with Crippen molar-refractivity contribution in [1.82, 2.24) is 10.2 Å². The molecule has 2 fully saturated rings. The van der Waals surface area contributed by atoms with Crippen LogP contribution in [0.4, 0.5) is 0 Å². The Kier molecular flexibility index (Phi) is 4.22. The van der Waals surface area contributed by atoms with Crippen LogP contribution in [-0.2, 0) is 4.79 Å². The number of rotatable bonds is 2. The highest BCUT2D eigenvalue weighted by Gasteiger charge is 2.28. The Balaban J connectivity index is 1.86. The molecule has 1 amide bonds. The Labute approximate surface area is 98.6 Å². The van der Waals surface area contributed by atoms with E-state index in [0.29, 0.717) is 5.91 Å². The average Bonchev–Trinajstić information content (AvgIpc) is 2.73. The minimum Gasteiger partial charge on any atom is -0.341 e. The van der Waals surface area contributed by atoms with Crippen molar-refractivity contribution in [3.8, 4) is 0 Å². The standard InChI is InChI=1S/C13H24N2O/c1-2-11-5-4-9-15(10-7-11)13(16)12-6-3-8-14-12/h11-12,14H,2-10H2,1H3/t11?,12-/m1/s1. The number of carbonyl (C=O) groups is 1. The van der Waals surface area contributed by atoms with Gasteiger partial charge in [-0.15, -0.1) is 0 Å². The van der Waals surface area contributed by atoms with E-state index < -0.39 is 0 Å². The van der Waals surface area contributed by atoms with Gasteiger partial charge in [0.05, 0.1) is 6.04 Å². The fourth-order valence-electron chi connectivity index (χ4n) is 2.91. The third-order valence-corrected chi connectivity index (χ3v) is 4.10. The van der Waals surface area contributed by atoms with Gasteiger partial charge < -0.3 is 10.2 Å². The van der Waals surface area contributed by atoms with E-state index in [1.54, 1.807) is 0 Å². The minimum absolute atomic E-state index is 0.123. The Morgan fingerprint density at radius 3 is 2.81 bits per heavy atom. The first-order valence-corrected chi connectivity index (χ1v) is 6.83. The fraction of sp³-hybridized carbons (Fsp3) is 0.923. The molecule has 0 aromatic rings. The summed E-state index contributed by atoms with van der Waals surface area (Å²) < 4.78 is 0. The quantitative estimate of drug-likeness (QED) is 0.775. The zero-order valence-corrected chi connectivity index (χ0v) is 10.4. The van der Waals surface area contributed by atoms with E-state index in [0.717, 1.165) is 38.4 Å². The summed E-state index contributed by atoms with van der Waals surface area (Å²) in [6, 6.07) is 0.123. The van der Waals surface area contributed by atoms with Gasteiger partial charge in [0.25, 0.3) is 0 Å². The van der Waals surface area contributed by atoms with E-state index in [1.165, 1.54) is 25.7 Å². The SMILES string of the molecule is CCC1CCCN(C(=O)[C@H]2CCCN2)CC1. The maximum absolute atomic E-state index is 12.2. The van der Waals surface area contributed by atoms with Crippen LogP contribution >= 0.6 is 0 Å². The second-order valence-corrected chi connectivity index (χ2v) is 5.18. The number of likely N-dealkylation sites (tertiary alicyclic amines) is 1. The van der Waals surface area contributed by atoms with Gasteiger partial charge in [0.15, 0.2) is 0 Å². The summed E-state index contributed by atoms with van der Waals surface area (Å²) >= 11 is 0. The van der Waals surface area contributed by atoms with Crippen LogP contribution in [0.25, 0.3) is 0 Å². The highest BCUT2D eigenvalue weighted by molar-refractivity contribution is 5.82. The van der Waals surface area contributed by atoms with Crippen molar-refractivity contribution < 1.29 is 4.79 Å². The van der Waals surface area contributed by atoms with E-state index in [1.807, 2.05) is 0 Å². The molecule has 0 spiro atoms. The Morgan fingerprint density at radius 1 is 1.25 bits per heavy atom. The highest BCUT2D eigenvalue weighted by atomic mass is 16.2. The number of hydrogen-bond acceptors (Lipinski definition) is 2. The molecule has 0 aromatic carbocycles. The summed E-state index contributed by atoms with van der Waals surface area (Å²) in [5, 5.41) is 3.31. The molecule has 2 aliphatic rings. The molecule has 92 valence electrons. The molecular formula is C13H24N2O.